The van der Waals surface area contributed by atoms with Crippen molar-refractivity contribution in [2.45, 2.75) is 50.3 Å². The molecular formula is C15H21NO3. The van der Waals surface area contributed by atoms with E-state index >= 15 is 0 Å². The van der Waals surface area contributed by atoms with Crippen molar-refractivity contribution in [3.8, 4) is 0 Å². The first-order valence-corrected chi connectivity index (χ1v) is 6.90. The van der Waals surface area contributed by atoms with E-state index in [2.05, 4.69) is 5.32 Å². The Hall–Kier alpha value is -1.39. The lowest BCUT2D eigenvalue weighted by Crippen LogP contribution is -2.43. The Morgan fingerprint density at radius 2 is 1.84 bits per heavy atom. The first kappa shape index (κ1) is 14.0. The molecule has 1 aromatic carbocycles. The molecule has 2 rings (SSSR count). The number of carboxylic acids is 1. The SMILES string of the molecule is O=C(O)C(NC1CCCCCC1O)c1ccccc1. The topological polar surface area (TPSA) is 69.6 Å². The summed E-state index contributed by atoms with van der Waals surface area (Å²) in [4.78, 5) is 11.4. The second-order valence-corrected chi connectivity index (χ2v) is 5.16. The summed E-state index contributed by atoms with van der Waals surface area (Å²) in [5.41, 5.74) is 0.728. The van der Waals surface area contributed by atoms with Crippen molar-refractivity contribution in [3.05, 3.63) is 35.9 Å². The highest BCUT2D eigenvalue weighted by atomic mass is 16.4. The smallest absolute Gasteiger partial charge is 0.325 e. The minimum absolute atomic E-state index is 0.135. The van der Waals surface area contributed by atoms with E-state index in [1.54, 1.807) is 12.1 Å². The van der Waals surface area contributed by atoms with Crippen molar-refractivity contribution in [3.63, 3.8) is 0 Å². The summed E-state index contributed by atoms with van der Waals surface area (Å²) in [6, 6.07) is 8.24. The predicted octanol–water partition coefficient (Wildman–Crippen LogP) is 2.10. The third kappa shape index (κ3) is 3.78. The molecule has 1 saturated carbocycles. The molecule has 1 fully saturated rings. The Labute approximate surface area is 113 Å². The van der Waals surface area contributed by atoms with Crippen molar-refractivity contribution in [1.29, 1.82) is 0 Å². The number of hydrogen-bond acceptors (Lipinski definition) is 3. The number of benzene rings is 1. The fourth-order valence-electron chi connectivity index (χ4n) is 2.65. The normalized spacial score (nSPS) is 25.5. The minimum atomic E-state index is -0.900. The fraction of sp³-hybridized carbons (Fsp3) is 0.533. The van der Waals surface area contributed by atoms with E-state index < -0.39 is 18.1 Å². The second kappa shape index (κ2) is 6.68. The molecule has 0 aliphatic heterocycles. The molecule has 4 heteroatoms. The van der Waals surface area contributed by atoms with Crippen LogP contribution in [0.2, 0.25) is 0 Å². The number of aliphatic hydroxyl groups is 1. The van der Waals surface area contributed by atoms with Gasteiger partial charge in [0.2, 0.25) is 0 Å². The van der Waals surface area contributed by atoms with Crippen LogP contribution in [0.4, 0.5) is 0 Å². The first-order chi connectivity index (χ1) is 9.18. The van der Waals surface area contributed by atoms with Gasteiger partial charge in [0, 0.05) is 6.04 Å². The maximum absolute atomic E-state index is 11.4. The van der Waals surface area contributed by atoms with Gasteiger partial charge < -0.3 is 10.2 Å². The molecular weight excluding hydrogens is 242 g/mol. The van der Waals surface area contributed by atoms with Crippen LogP contribution >= 0.6 is 0 Å². The summed E-state index contributed by atoms with van der Waals surface area (Å²) >= 11 is 0. The monoisotopic (exact) mass is 263 g/mol. The van der Waals surface area contributed by atoms with Gasteiger partial charge >= 0.3 is 5.97 Å². The van der Waals surface area contributed by atoms with Crippen LogP contribution in [-0.4, -0.2) is 28.3 Å². The number of hydrogen-bond donors (Lipinski definition) is 3. The zero-order chi connectivity index (χ0) is 13.7. The standard InChI is InChI=1S/C15H21NO3/c17-13-10-6-2-5-9-12(13)16-14(15(18)19)11-7-3-1-4-8-11/h1,3-4,7-8,12-14,16-17H,2,5-6,9-10H2,(H,18,19). The number of carboxylic acid groups (broad SMARTS) is 1. The third-order valence-corrected chi connectivity index (χ3v) is 3.74. The van der Waals surface area contributed by atoms with Crippen molar-refractivity contribution >= 4 is 5.97 Å². The van der Waals surface area contributed by atoms with Gasteiger partial charge in [-0.15, -0.1) is 0 Å². The van der Waals surface area contributed by atoms with Crippen LogP contribution in [0.25, 0.3) is 0 Å². The predicted molar refractivity (Wildman–Crippen MR) is 72.8 cm³/mol. The Morgan fingerprint density at radius 3 is 2.53 bits per heavy atom. The third-order valence-electron chi connectivity index (χ3n) is 3.74. The number of nitrogens with one attached hydrogen (secondary N) is 1. The highest BCUT2D eigenvalue weighted by Crippen LogP contribution is 2.22. The average Bonchev–Trinajstić information content (AvgIpc) is 2.61. The van der Waals surface area contributed by atoms with Crippen molar-refractivity contribution in [2.75, 3.05) is 0 Å². The van der Waals surface area contributed by atoms with Gasteiger partial charge in [0.15, 0.2) is 0 Å². The molecule has 1 aromatic rings. The maximum atomic E-state index is 11.4. The molecule has 0 heterocycles. The van der Waals surface area contributed by atoms with Crippen LogP contribution in [0.15, 0.2) is 30.3 Å². The number of aliphatic carboxylic acids is 1. The zero-order valence-corrected chi connectivity index (χ0v) is 11.0. The number of aliphatic hydroxyl groups excluding tert-OH is 1. The first-order valence-electron chi connectivity index (χ1n) is 6.90. The van der Waals surface area contributed by atoms with E-state index in [1.165, 1.54) is 0 Å². The van der Waals surface area contributed by atoms with E-state index in [-0.39, 0.29) is 6.04 Å². The lowest BCUT2D eigenvalue weighted by molar-refractivity contribution is -0.140. The summed E-state index contributed by atoms with van der Waals surface area (Å²) in [5, 5.41) is 22.6. The molecule has 104 valence electrons. The van der Waals surface area contributed by atoms with Crippen LogP contribution in [0.1, 0.15) is 43.7 Å². The molecule has 0 bridgehead atoms. The summed E-state index contributed by atoms with van der Waals surface area (Å²) in [5.74, 6) is -0.900. The van der Waals surface area contributed by atoms with Crippen molar-refractivity contribution < 1.29 is 15.0 Å². The fourth-order valence-corrected chi connectivity index (χ4v) is 2.65. The van der Waals surface area contributed by atoms with E-state index in [1.807, 2.05) is 18.2 Å². The van der Waals surface area contributed by atoms with Crippen LogP contribution in [0, 0.1) is 0 Å². The molecule has 0 spiro atoms. The highest BCUT2D eigenvalue weighted by Gasteiger charge is 2.28. The molecule has 0 saturated heterocycles. The molecule has 1 aliphatic carbocycles. The zero-order valence-electron chi connectivity index (χ0n) is 11.0. The quantitative estimate of drug-likeness (QED) is 0.728. The van der Waals surface area contributed by atoms with Gasteiger partial charge in [-0.3, -0.25) is 10.1 Å². The summed E-state index contributed by atoms with van der Waals surface area (Å²) in [6.07, 6.45) is 4.29. The molecule has 0 amide bonds. The van der Waals surface area contributed by atoms with E-state index in [9.17, 15) is 15.0 Å². The van der Waals surface area contributed by atoms with Crippen LogP contribution < -0.4 is 5.32 Å². The van der Waals surface area contributed by atoms with Crippen LogP contribution in [-0.2, 0) is 4.79 Å². The minimum Gasteiger partial charge on any atom is -0.480 e. The Morgan fingerprint density at radius 1 is 1.16 bits per heavy atom. The van der Waals surface area contributed by atoms with Crippen molar-refractivity contribution in [1.82, 2.24) is 5.32 Å². The van der Waals surface area contributed by atoms with Gasteiger partial charge in [-0.1, -0.05) is 49.6 Å². The maximum Gasteiger partial charge on any atom is 0.325 e. The number of carbonyl (C=O) groups is 1. The molecule has 1 aliphatic rings. The second-order valence-electron chi connectivity index (χ2n) is 5.16. The molecule has 4 nitrogen and oxygen atoms in total. The van der Waals surface area contributed by atoms with E-state index in [0.717, 1.165) is 37.7 Å². The van der Waals surface area contributed by atoms with Gasteiger partial charge in [-0.2, -0.15) is 0 Å². The van der Waals surface area contributed by atoms with Crippen LogP contribution in [0.5, 0.6) is 0 Å². The van der Waals surface area contributed by atoms with E-state index in [4.69, 9.17) is 0 Å². The molecule has 0 radical (unpaired) electrons. The van der Waals surface area contributed by atoms with Crippen LogP contribution in [0.3, 0.4) is 0 Å². The molecule has 3 atom stereocenters. The van der Waals surface area contributed by atoms with Gasteiger partial charge in [-0.25, -0.2) is 0 Å². The highest BCUT2D eigenvalue weighted by molar-refractivity contribution is 5.75. The summed E-state index contributed by atoms with van der Waals surface area (Å²) < 4.78 is 0. The Kier molecular flexibility index (Phi) is 4.93. The molecule has 3 unspecified atom stereocenters. The van der Waals surface area contributed by atoms with Gasteiger partial charge in [0.25, 0.3) is 0 Å². The average molecular weight is 263 g/mol. The molecule has 19 heavy (non-hydrogen) atoms. The van der Waals surface area contributed by atoms with Gasteiger partial charge in [0.1, 0.15) is 6.04 Å². The molecule has 0 aromatic heterocycles. The van der Waals surface area contributed by atoms with Crippen molar-refractivity contribution in [2.24, 2.45) is 0 Å². The van der Waals surface area contributed by atoms with Gasteiger partial charge in [-0.05, 0) is 18.4 Å². The largest absolute Gasteiger partial charge is 0.480 e. The Bertz CT molecular complexity index is 407. The summed E-state index contributed by atoms with van der Waals surface area (Å²) in [7, 11) is 0. The Balaban J connectivity index is 2.10. The van der Waals surface area contributed by atoms with E-state index in [0.29, 0.717) is 0 Å². The summed E-state index contributed by atoms with van der Waals surface area (Å²) in [6.45, 7) is 0. The van der Waals surface area contributed by atoms with Gasteiger partial charge in [0.05, 0.1) is 6.10 Å². The number of rotatable bonds is 4. The lowest BCUT2D eigenvalue weighted by Gasteiger charge is -2.26. The molecule has 3 N–H and O–H groups in total. The lowest BCUT2D eigenvalue weighted by atomic mass is 10.0.